The van der Waals surface area contributed by atoms with Crippen molar-refractivity contribution in [3.63, 3.8) is 0 Å². The molecule has 1 aromatic carbocycles. The molecule has 0 unspecified atom stereocenters. The molecule has 4 nitrogen and oxygen atoms in total. The Morgan fingerprint density at radius 3 is 2.33 bits per heavy atom. The number of nitrogens with one attached hydrogen (secondary N) is 2. The summed E-state index contributed by atoms with van der Waals surface area (Å²) in [5.41, 5.74) is 2.03. The summed E-state index contributed by atoms with van der Waals surface area (Å²) in [7, 11) is 0. The summed E-state index contributed by atoms with van der Waals surface area (Å²) < 4.78 is 0. The van der Waals surface area contributed by atoms with Crippen LogP contribution in [0.25, 0.3) is 11.3 Å². The third-order valence-electron chi connectivity index (χ3n) is 3.22. The quantitative estimate of drug-likeness (QED) is 0.835. The minimum absolute atomic E-state index is 0.333. The third kappa shape index (κ3) is 4.45. The van der Waals surface area contributed by atoms with Crippen LogP contribution < -0.4 is 10.6 Å². The molecule has 0 aliphatic heterocycles. The molecule has 0 aliphatic rings. The van der Waals surface area contributed by atoms with Gasteiger partial charge in [-0.25, -0.2) is 4.98 Å². The van der Waals surface area contributed by atoms with Gasteiger partial charge in [-0.15, -0.1) is 0 Å². The summed E-state index contributed by atoms with van der Waals surface area (Å²) >= 11 is 0. The van der Waals surface area contributed by atoms with Crippen molar-refractivity contribution in [2.75, 3.05) is 10.6 Å². The van der Waals surface area contributed by atoms with E-state index in [-0.39, 0.29) is 0 Å². The van der Waals surface area contributed by atoms with Crippen LogP contribution in [0.4, 0.5) is 11.8 Å². The van der Waals surface area contributed by atoms with Gasteiger partial charge in [0.25, 0.3) is 0 Å². The monoisotopic (exact) mass is 284 g/mol. The first-order valence-electron chi connectivity index (χ1n) is 7.56. The van der Waals surface area contributed by atoms with Crippen molar-refractivity contribution in [1.82, 2.24) is 9.97 Å². The van der Waals surface area contributed by atoms with Gasteiger partial charge in [0.2, 0.25) is 5.95 Å². The Labute approximate surface area is 127 Å². The first-order chi connectivity index (χ1) is 10.1. The van der Waals surface area contributed by atoms with E-state index >= 15 is 0 Å². The molecule has 2 N–H and O–H groups in total. The Hall–Kier alpha value is -2.10. The predicted octanol–water partition coefficient (Wildman–Crippen LogP) is 4.17. The van der Waals surface area contributed by atoms with Crippen LogP contribution in [-0.4, -0.2) is 22.1 Å². The third-order valence-corrected chi connectivity index (χ3v) is 3.22. The van der Waals surface area contributed by atoms with E-state index in [1.165, 1.54) is 0 Å². The molecule has 0 saturated heterocycles. The number of aromatic nitrogens is 2. The average molecular weight is 284 g/mol. The Kier molecular flexibility index (Phi) is 5.14. The summed E-state index contributed by atoms with van der Waals surface area (Å²) in [5, 5.41) is 6.71. The zero-order valence-corrected chi connectivity index (χ0v) is 13.2. The van der Waals surface area contributed by atoms with Crippen LogP contribution >= 0.6 is 0 Å². The molecule has 2 rings (SSSR count). The number of benzene rings is 1. The van der Waals surface area contributed by atoms with Crippen molar-refractivity contribution in [2.45, 2.75) is 46.2 Å². The highest BCUT2D eigenvalue weighted by Crippen LogP contribution is 2.22. The molecular weight excluding hydrogens is 260 g/mol. The Balaban J connectivity index is 2.37. The van der Waals surface area contributed by atoms with E-state index in [4.69, 9.17) is 0 Å². The van der Waals surface area contributed by atoms with E-state index in [1.807, 2.05) is 24.3 Å². The molecule has 0 amide bonds. The first-order valence-corrected chi connectivity index (χ1v) is 7.56. The molecular formula is C17H24N4. The van der Waals surface area contributed by atoms with Gasteiger partial charge in [-0.1, -0.05) is 37.3 Å². The predicted molar refractivity (Wildman–Crippen MR) is 89.6 cm³/mol. The van der Waals surface area contributed by atoms with Crippen LogP contribution in [0.3, 0.4) is 0 Å². The molecule has 4 heteroatoms. The van der Waals surface area contributed by atoms with Gasteiger partial charge in [0, 0.05) is 23.7 Å². The summed E-state index contributed by atoms with van der Waals surface area (Å²) in [6, 6.07) is 12.9. The fraction of sp³-hybridized carbons (Fsp3) is 0.412. The lowest BCUT2D eigenvalue weighted by atomic mass is 10.1. The van der Waals surface area contributed by atoms with Crippen molar-refractivity contribution in [1.29, 1.82) is 0 Å². The molecule has 1 aromatic heterocycles. The summed E-state index contributed by atoms with van der Waals surface area (Å²) in [4.78, 5) is 9.19. The minimum Gasteiger partial charge on any atom is -0.368 e. The first kappa shape index (κ1) is 15.3. The van der Waals surface area contributed by atoms with Gasteiger partial charge in [0.15, 0.2) is 0 Å². The Morgan fingerprint density at radius 1 is 1.00 bits per heavy atom. The van der Waals surface area contributed by atoms with Crippen molar-refractivity contribution < 1.29 is 0 Å². The lowest BCUT2D eigenvalue weighted by Gasteiger charge is -2.15. The van der Waals surface area contributed by atoms with E-state index in [9.17, 15) is 0 Å². The van der Waals surface area contributed by atoms with Crippen LogP contribution in [0.5, 0.6) is 0 Å². The van der Waals surface area contributed by atoms with Gasteiger partial charge in [-0.2, -0.15) is 4.98 Å². The fourth-order valence-corrected chi connectivity index (χ4v) is 1.96. The number of hydrogen-bond acceptors (Lipinski definition) is 4. The topological polar surface area (TPSA) is 49.8 Å². The number of rotatable bonds is 6. The highest BCUT2D eigenvalue weighted by molar-refractivity contribution is 5.64. The molecule has 0 spiro atoms. The molecule has 0 bridgehead atoms. The van der Waals surface area contributed by atoms with Gasteiger partial charge in [-0.05, 0) is 27.2 Å². The summed E-state index contributed by atoms with van der Waals surface area (Å²) in [6.07, 6.45) is 1.03. The second-order valence-corrected chi connectivity index (χ2v) is 5.58. The minimum atomic E-state index is 0.333. The van der Waals surface area contributed by atoms with Gasteiger partial charge < -0.3 is 10.6 Å². The van der Waals surface area contributed by atoms with Crippen molar-refractivity contribution in [3.8, 4) is 11.3 Å². The van der Waals surface area contributed by atoms with Crippen LogP contribution in [0.1, 0.15) is 34.1 Å². The second kappa shape index (κ2) is 7.07. The van der Waals surface area contributed by atoms with E-state index in [0.717, 1.165) is 23.5 Å². The average Bonchev–Trinajstić information content (AvgIpc) is 2.47. The van der Waals surface area contributed by atoms with E-state index in [1.54, 1.807) is 0 Å². The zero-order valence-electron chi connectivity index (χ0n) is 13.2. The molecule has 112 valence electrons. The lowest BCUT2D eigenvalue weighted by Crippen LogP contribution is -2.18. The van der Waals surface area contributed by atoms with Gasteiger partial charge >= 0.3 is 0 Å². The summed E-state index contributed by atoms with van der Waals surface area (Å²) in [6.45, 7) is 8.48. The molecule has 1 atom stereocenters. The number of nitrogens with zero attached hydrogens (tertiary/aromatic N) is 2. The SMILES string of the molecule is CC[C@@H](C)Nc1nc(NC(C)C)cc(-c2ccccc2)n1. The van der Waals surface area contributed by atoms with Crippen LogP contribution in [0, 0.1) is 0 Å². The van der Waals surface area contributed by atoms with Gasteiger partial charge in [0.1, 0.15) is 5.82 Å². The molecule has 0 aliphatic carbocycles. The maximum atomic E-state index is 4.64. The lowest BCUT2D eigenvalue weighted by molar-refractivity contribution is 0.752. The standard InChI is InChI=1S/C17H24N4/c1-5-13(4)19-17-20-15(14-9-7-6-8-10-14)11-16(21-17)18-12(2)3/h6-13H,5H2,1-4H3,(H2,18,19,20,21)/t13-/m1/s1. The molecule has 2 aromatic rings. The molecule has 0 saturated carbocycles. The van der Waals surface area contributed by atoms with Crippen LogP contribution in [-0.2, 0) is 0 Å². The van der Waals surface area contributed by atoms with E-state index < -0.39 is 0 Å². The molecule has 0 radical (unpaired) electrons. The summed E-state index contributed by atoms with van der Waals surface area (Å²) in [5.74, 6) is 1.53. The maximum Gasteiger partial charge on any atom is 0.225 e. The van der Waals surface area contributed by atoms with Crippen molar-refractivity contribution in [2.24, 2.45) is 0 Å². The van der Waals surface area contributed by atoms with E-state index in [0.29, 0.717) is 18.0 Å². The Morgan fingerprint density at radius 2 is 1.71 bits per heavy atom. The van der Waals surface area contributed by atoms with Crippen LogP contribution in [0.2, 0.25) is 0 Å². The zero-order chi connectivity index (χ0) is 15.2. The number of hydrogen-bond donors (Lipinski definition) is 2. The van der Waals surface area contributed by atoms with Gasteiger partial charge in [0.05, 0.1) is 5.69 Å². The fourth-order valence-electron chi connectivity index (χ4n) is 1.96. The highest BCUT2D eigenvalue weighted by Gasteiger charge is 2.09. The second-order valence-electron chi connectivity index (χ2n) is 5.58. The van der Waals surface area contributed by atoms with Crippen molar-refractivity contribution >= 4 is 11.8 Å². The molecule has 1 heterocycles. The molecule has 0 fully saturated rings. The Bertz CT molecular complexity index is 566. The number of anilines is 2. The smallest absolute Gasteiger partial charge is 0.225 e. The normalized spacial score (nSPS) is 12.2. The highest BCUT2D eigenvalue weighted by atomic mass is 15.2. The van der Waals surface area contributed by atoms with E-state index in [2.05, 4.69) is 60.4 Å². The molecule has 21 heavy (non-hydrogen) atoms. The van der Waals surface area contributed by atoms with Crippen LogP contribution in [0.15, 0.2) is 36.4 Å². The van der Waals surface area contributed by atoms with Gasteiger partial charge in [-0.3, -0.25) is 0 Å². The van der Waals surface area contributed by atoms with Crippen molar-refractivity contribution in [3.05, 3.63) is 36.4 Å². The largest absolute Gasteiger partial charge is 0.368 e. The maximum absolute atomic E-state index is 4.64.